The molecule has 0 aliphatic carbocycles. The lowest BCUT2D eigenvalue weighted by Crippen LogP contribution is -2.47. The van der Waals surface area contributed by atoms with Gasteiger partial charge in [0.15, 0.2) is 11.5 Å². The average molecular weight is 454 g/mol. The number of nitrogens with zero attached hydrogens (tertiary/aromatic N) is 1. The number of amides is 2. The van der Waals surface area contributed by atoms with Gasteiger partial charge in [-0.15, -0.1) is 0 Å². The molecule has 0 aromatic heterocycles. The van der Waals surface area contributed by atoms with E-state index in [1.807, 2.05) is 0 Å². The molecule has 0 spiro atoms. The maximum absolute atomic E-state index is 12.6. The fourth-order valence-corrected chi connectivity index (χ4v) is 4.65. The molecule has 162 valence electrons. The van der Waals surface area contributed by atoms with Gasteiger partial charge in [0.25, 0.3) is 0 Å². The highest BCUT2D eigenvalue weighted by atomic mass is 35.5. The molecule has 0 atom stereocenters. The minimum atomic E-state index is -3.63. The summed E-state index contributed by atoms with van der Waals surface area (Å²) in [6, 6.07) is 10.7. The molecule has 30 heavy (non-hydrogen) atoms. The summed E-state index contributed by atoms with van der Waals surface area (Å²) in [5, 5.41) is 3.31. The second-order valence-corrected chi connectivity index (χ2v) is 8.99. The Balaban J connectivity index is 1.55. The second kappa shape index (κ2) is 9.55. The van der Waals surface area contributed by atoms with Gasteiger partial charge in [0, 0.05) is 35.9 Å². The van der Waals surface area contributed by atoms with Crippen LogP contribution in [0.1, 0.15) is 12.8 Å². The highest BCUT2D eigenvalue weighted by molar-refractivity contribution is 7.89. The van der Waals surface area contributed by atoms with Gasteiger partial charge in [-0.05, 0) is 49.2 Å². The molecule has 3 rings (SSSR count). The molecule has 0 radical (unpaired) electrons. The summed E-state index contributed by atoms with van der Waals surface area (Å²) < 4.78 is 38.2. The molecule has 1 heterocycles. The average Bonchev–Trinajstić information content (AvgIpc) is 2.74. The topological polar surface area (TPSA) is 97.0 Å². The van der Waals surface area contributed by atoms with Crippen molar-refractivity contribution in [2.45, 2.75) is 23.8 Å². The molecule has 1 fully saturated rings. The molecular weight excluding hydrogens is 430 g/mol. The number of benzene rings is 2. The third-order valence-electron chi connectivity index (χ3n) is 4.86. The number of halogens is 1. The molecule has 2 aromatic carbocycles. The van der Waals surface area contributed by atoms with Crippen molar-refractivity contribution in [3.05, 3.63) is 47.5 Å². The molecule has 10 heteroatoms. The van der Waals surface area contributed by atoms with Crippen LogP contribution in [0.15, 0.2) is 47.4 Å². The van der Waals surface area contributed by atoms with Crippen LogP contribution >= 0.6 is 11.6 Å². The molecular formula is C20H24ClN3O5S. The van der Waals surface area contributed by atoms with Gasteiger partial charge in [-0.2, -0.15) is 0 Å². The first-order valence-corrected chi connectivity index (χ1v) is 11.2. The largest absolute Gasteiger partial charge is 0.493 e. The molecule has 0 bridgehead atoms. The number of anilines is 1. The number of piperidine rings is 1. The minimum absolute atomic E-state index is 0.167. The van der Waals surface area contributed by atoms with Crippen molar-refractivity contribution in [1.82, 2.24) is 9.62 Å². The highest BCUT2D eigenvalue weighted by Gasteiger charge is 2.27. The van der Waals surface area contributed by atoms with Crippen molar-refractivity contribution in [3.63, 3.8) is 0 Å². The molecule has 2 N–H and O–H groups in total. The summed E-state index contributed by atoms with van der Waals surface area (Å²) in [5.41, 5.74) is 0.586. The van der Waals surface area contributed by atoms with Crippen LogP contribution < -0.4 is 19.5 Å². The first kappa shape index (κ1) is 22.2. The summed E-state index contributed by atoms with van der Waals surface area (Å²) >= 11 is 5.82. The number of hydrogen-bond donors (Lipinski definition) is 2. The van der Waals surface area contributed by atoms with Gasteiger partial charge in [0.1, 0.15) is 0 Å². The van der Waals surface area contributed by atoms with Crippen LogP contribution in [0.4, 0.5) is 10.5 Å². The maximum Gasteiger partial charge on any atom is 0.321 e. The van der Waals surface area contributed by atoms with Crippen LogP contribution in [0.25, 0.3) is 0 Å². The van der Waals surface area contributed by atoms with Crippen LogP contribution in [0.5, 0.6) is 11.5 Å². The standard InChI is InChI=1S/C20H24ClN3O5S/c1-28-18-8-5-16(13-19(18)29-2)22-20(25)24-11-9-15(10-12-24)23-30(26,27)17-6-3-14(21)4-7-17/h3-8,13,15,23H,9-12H2,1-2H3,(H,22,25). The lowest BCUT2D eigenvalue weighted by Gasteiger charge is -2.32. The summed E-state index contributed by atoms with van der Waals surface area (Å²) in [5.74, 6) is 1.09. The zero-order chi connectivity index (χ0) is 21.7. The number of sulfonamides is 1. The molecule has 1 aliphatic rings. The predicted octanol–water partition coefficient (Wildman–Crippen LogP) is 3.33. The Morgan fingerprint density at radius 2 is 1.67 bits per heavy atom. The molecule has 8 nitrogen and oxygen atoms in total. The van der Waals surface area contributed by atoms with E-state index in [0.717, 1.165) is 0 Å². The van der Waals surface area contributed by atoms with Gasteiger partial charge >= 0.3 is 6.03 Å². The summed E-state index contributed by atoms with van der Waals surface area (Å²) in [7, 11) is -0.561. The van der Waals surface area contributed by atoms with Crippen LogP contribution in [-0.4, -0.2) is 52.7 Å². The van der Waals surface area contributed by atoms with Crippen molar-refractivity contribution in [2.75, 3.05) is 32.6 Å². The Labute approximate surface area is 181 Å². The van der Waals surface area contributed by atoms with Crippen LogP contribution in [0.2, 0.25) is 5.02 Å². The Kier molecular flexibility index (Phi) is 7.06. The van der Waals surface area contributed by atoms with E-state index < -0.39 is 10.0 Å². The van der Waals surface area contributed by atoms with Gasteiger partial charge in [0.05, 0.1) is 19.1 Å². The molecule has 0 unspecified atom stereocenters. The smallest absolute Gasteiger partial charge is 0.321 e. The Hall–Kier alpha value is -2.49. The van der Waals surface area contributed by atoms with Crippen molar-refractivity contribution in [1.29, 1.82) is 0 Å². The zero-order valence-electron chi connectivity index (χ0n) is 16.7. The molecule has 1 aliphatic heterocycles. The first-order chi connectivity index (χ1) is 14.3. The van der Waals surface area contributed by atoms with Crippen molar-refractivity contribution < 1.29 is 22.7 Å². The summed E-state index contributed by atoms with van der Waals surface area (Å²) in [4.78, 5) is 14.4. The van der Waals surface area contributed by atoms with E-state index in [-0.39, 0.29) is 17.0 Å². The highest BCUT2D eigenvalue weighted by Crippen LogP contribution is 2.30. The third kappa shape index (κ3) is 5.35. The van der Waals surface area contributed by atoms with Crippen LogP contribution in [-0.2, 0) is 10.0 Å². The van der Waals surface area contributed by atoms with E-state index in [2.05, 4.69) is 10.0 Å². The number of likely N-dealkylation sites (tertiary alicyclic amines) is 1. The second-order valence-electron chi connectivity index (χ2n) is 6.84. The maximum atomic E-state index is 12.6. The summed E-state index contributed by atoms with van der Waals surface area (Å²) in [6.45, 7) is 0.875. The normalized spacial score (nSPS) is 15.0. The fraction of sp³-hybridized carbons (Fsp3) is 0.350. The SMILES string of the molecule is COc1ccc(NC(=O)N2CCC(NS(=O)(=O)c3ccc(Cl)cc3)CC2)cc1OC. The minimum Gasteiger partial charge on any atom is -0.493 e. The number of urea groups is 1. The van der Waals surface area contributed by atoms with Gasteiger partial charge in [-0.3, -0.25) is 0 Å². The quantitative estimate of drug-likeness (QED) is 0.699. The van der Waals surface area contributed by atoms with Gasteiger partial charge in [-0.25, -0.2) is 17.9 Å². The number of ether oxygens (including phenoxy) is 2. The Bertz CT molecular complexity index is 990. The Morgan fingerprint density at radius 3 is 2.27 bits per heavy atom. The van der Waals surface area contributed by atoms with E-state index >= 15 is 0 Å². The van der Waals surface area contributed by atoms with Crippen molar-refractivity contribution in [2.24, 2.45) is 0 Å². The van der Waals surface area contributed by atoms with Crippen molar-refractivity contribution >= 4 is 33.3 Å². The van der Waals surface area contributed by atoms with Crippen LogP contribution in [0, 0.1) is 0 Å². The number of carbonyl (C=O) groups is 1. The fourth-order valence-electron chi connectivity index (χ4n) is 3.22. The van der Waals surface area contributed by atoms with E-state index in [9.17, 15) is 13.2 Å². The van der Waals surface area contributed by atoms with Crippen molar-refractivity contribution in [3.8, 4) is 11.5 Å². The number of carbonyl (C=O) groups excluding carboxylic acids is 1. The Morgan fingerprint density at radius 1 is 1.03 bits per heavy atom. The first-order valence-electron chi connectivity index (χ1n) is 9.38. The van der Waals surface area contributed by atoms with E-state index in [1.165, 1.54) is 31.4 Å². The monoisotopic (exact) mass is 453 g/mol. The van der Waals surface area contributed by atoms with Gasteiger partial charge < -0.3 is 19.7 Å². The van der Waals surface area contributed by atoms with Gasteiger partial charge in [0.2, 0.25) is 10.0 Å². The lowest BCUT2D eigenvalue weighted by atomic mass is 10.1. The molecule has 2 amide bonds. The third-order valence-corrected chi connectivity index (χ3v) is 6.65. The van der Waals surface area contributed by atoms with Gasteiger partial charge in [-0.1, -0.05) is 11.6 Å². The number of rotatable bonds is 6. The van der Waals surface area contributed by atoms with E-state index in [0.29, 0.717) is 48.1 Å². The molecule has 0 saturated carbocycles. The predicted molar refractivity (Wildman–Crippen MR) is 115 cm³/mol. The molecule has 2 aromatic rings. The summed E-state index contributed by atoms with van der Waals surface area (Å²) in [6.07, 6.45) is 1.04. The molecule has 1 saturated heterocycles. The van der Waals surface area contributed by atoms with Crippen LogP contribution in [0.3, 0.4) is 0 Å². The number of methoxy groups -OCH3 is 2. The zero-order valence-corrected chi connectivity index (χ0v) is 18.3. The lowest BCUT2D eigenvalue weighted by molar-refractivity contribution is 0.193. The van der Waals surface area contributed by atoms with E-state index in [1.54, 1.807) is 30.2 Å². The number of nitrogens with one attached hydrogen (secondary N) is 2. The number of hydrogen-bond acceptors (Lipinski definition) is 5. The van der Waals surface area contributed by atoms with E-state index in [4.69, 9.17) is 21.1 Å².